The average molecular weight is 290 g/mol. The van der Waals surface area contributed by atoms with Crippen LogP contribution in [0.3, 0.4) is 0 Å². The first-order valence-electron chi connectivity index (χ1n) is 6.24. The molecular formula is C15H14O6. The fraction of sp³-hybridized carbons (Fsp3) is 0.200. The zero-order valence-corrected chi connectivity index (χ0v) is 10.9. The highest BCUT2D eigenvalue weighted by molar-refractivity contribution is 6.04. The lowest BCUT2D eigenvalue weighted by Crippen LogP contribution is -2.22. The zero-order chi connectivity index (χ0) is 15.6. The second-order valence-corrected chi connectivity index (χ2v) is 4.66. The van der Waals surface area contributed by atoms with Gasteiger partial charge in [-0.3, -0.25) is 4.79 Å². The molecule has 0 aliphatic rings. The molecule has 2 aromatic rings. The zero-order valence-electron chi connectivity index (χ0n) is 10.9. The van der Waals surface area contributed by atoms with Gasteiger partial charge in [-0.1, -0.05) is 30.3 Å². The minimum Gasteiger partial charge on any atom is -0.481 e. The first-order chi connectivity index (χ1) is 9.91. The number of carboxylic acids is 2. The van der Waals surface area contributed by atoms with Gasteiger partial charge in [-0.15, -0.1) is 0 Å². The maximum absolute atomic E-state index is 11.2. The summed E-state index contributed by atoms with van der Waals surface area (Å²) < 4.78 is 0. The number of hydrogen-bond acceptors (Lipinski definition) is 4. The smallest absolute Gasteiger partial charge is 0.336 e. The van der Waals surface area contributed by atoms with Crippen LogP contribution in [0.4, 0.5) is 0 Å². The Kier molecular flexibility index (Phi) is 4.21. The summed E-state index contributed by atoms with van der Waals surface area (Å²) in [5, 5.41) is 38.5. The average Bonchev–Trinajstić information content (AvgIpc) is 2.44. The normalized spacial score (nSPS) is 13.8. The van der Waals surface area contributed by atoms with Crippen molar-refractivity contribution in [2.24, 2.45) is 0 Å². The molecule has 0 amide bonds. The third-order valence-corrected chi connectivity index (χ3v) is 3.25. The highest BCUT2D eigenvalue weighted by Crippen LogP contribution is 2.29. The van der Waals surface area contributed by atoms with E-state index in [1.165, 1.54) is 18.2 Å². The summed E-state index contributed by atoms with van der Waals surface area (Å²) in [5.74, 6) is -2.33. The van der Waals surface area contributed by atoms with Crippen LogP contribution in [-0.4, -0.2) is 38.5 Å². The van der Waals surface area contributed by atoms with Gasteiger partial charge in [0, 0.05) is 0 Å². The van der Waals surface area contributed by atoms with Crippen molar-refractivity contribution in [1.82, 2.24) is 0 Å². The SMILES string of the molecule is O=C(O)CC(O)C(O)c1cccc2c(C(=O)O)cccc12. The van der Waals surface area contributed by atoms with Gasteiger partial charge in [0.05, 0.1) is 18.1 Å². The number of carboxylic acid groups (broad SMARTS) is 2. The molecule has 0 bridgehead atoms. The number of carbonyl (C=O) groups is 2. The van der Waals surface area contributed by atoms with Crippen LogP contribution in [0.25, 0.3) is 10.8 Å². The molecule has 21 heavy (non-hydrogen) atoms. The number of aliphatic carboxylic acids is 1. The van der Waals surface area contributed by atoms with Crippen molar-refractivity contribution >= 4 is 22.7 Å². The minimum absolute atomic E-state index is 0.0780. The van der Waals surface area contributed by atoms with E-state index in [0.29, 0.717) is 16.3 Å². The molecule has 6 heteroatoms. The maximum Gasteiger partial charge on any atom is 0.336 e. The number of fused-ring (bicyclic) bond motifs is 1. The summed E-state index contributed by atoms with van der Waals surface area (Å²) >= 11 is 0. The Morgan fingerprint density at radius 2 is 1.57 bits per heavy atom. The fourth-order valence-electron chi connectivity index (χ4n) is 2.28. The number of aliphatic hydroxyl groups excluding tert-OH is 2. The first kappa shape index (κ1) is 15.0. The third-order valence-electron chi connectivity index (χ3n) is 3.25. The van der Waals surface area contributed by atoms with Crippen molar-refractivity contribution in [2.75, 3.05) is 0 Å². The topological polar surface area (TPSA) is 115 Å². The van der Waals surface area contributed by atoms with Crippen molar-refractivity contribution < 1.29 is 30.0 Å². The van der Waals surface area contributed by atoms with Crippen LogP contribution in [0.5, 0.6) is 0 Å². The van der Waals surface area contributed by atoms with Crippen molar-refractivity contribution in [3.63, 3.8) is 0 Å². The van der Waals surface area contributed by atoms with Crippen LogP contribution in [0.15, 0.2) is 36.4 Å². The second kappa shape index (κ2) is 5.90. The van der Waals surface area contributed by atoms with Gasteiger partial charge in [0.15, 0.2) is 0 Å². The van der Waals surface area contributed by atoms with E-state index < -0.39 is 30.6 Å². The Labute approximate surface area is 119 Å². The van der Waals surface area contributed by atoms with Crippen LogP contribution in [0.2, 0.25) is 0 Å². The molecule has 2 unspecified atom stereocenters. The molecule has 0 spiro atoms. The quantitative estimate of drug-likeness (QED) is 0.661. The van der Waals surface area contributed by atoms with Crippen LogP contribution in [-0.2, 0) is 4.79 Å². The molecular weight excluding hydrogens is 276 g/mol. The summed E-state index contributed by atoms with van der Waals surface area (Å²) in [7, 11) is 0. The molecule has 0 fully saturated rings. The summed E-state index contributed by atoms with van der Waals surface area (Å²) in [6, 6.07) is 9.27. The van der Waals surface area contributed by atoms with E-state index in [-0.39, 0.29) is 5.56 Å². The van der Waals surface area contributed by atoms with E-state index in [1.54, 1.807) is 18.2 Å². The van der Waals surface area contributed by atoms with Gasteiger partial charge in [0.1, 0.15) is 6.10 Å². The molecule has 110 valence electrons. The van der Waals surface area contributed by atoms with E-state index in [9.17, 15) is 19.8 Å². The maximum atomic E-state index is 11.2. The number of hydrogen-bond donors (Lipinski definition) is 4. The predicted octanol–water partition coefficient (Wildman–Crippen LogP) is 1.41. The minimum atomic E-state index is -1.47. The van der Waals surface area contributed by atoms with Crippen molar-refractivity contribution in [3.05, 3.63) is 47.5 Å². The van der Waals surface area contributed by atoms with E-state index in [2.05, 4.69) is 0 Å². The van der Waals surface area contributed by atoms with Gasteiger partial charge in [-0.05, 0) is 22.4 Å². The monoisotopic (exact) mass is 290 g/mol. The van der Waals surface area contributed by atoms with Gasteiger partial charge in [-0.25, -0.2) is 4.79 Å². The Bertz CT molecular complexity index is 694. The lowest BCUT2D eigenvalue weighted by molar-refractivity contribution is -0.141. The first-order valence-corrected chi connectivity index (χ1v) is 6.24. The van der Waals surface area contributed by atoms with Crippen molar-refractivity contribution in [1.29, 1.82) is 0 Å². The molecule has 2 rings (SSSR count). The number of rotatable bonds is 5. The van der Waals surface area contributed by atoms with Gasteiger partial charge in [-0.2, -0.15) is 0 Å². The highest BCUT2D eigenvalue weighted by Gasteiger charge is 2.23. The van der Waals surface area contributed by atoms with Crippen LogP contribution in [0.1, 0.15) is 28.4 Å². The molecule has 0 aliphatic heterocycles. The van der Waals surface area contributed by atoms with Crippen molar-refractivity contribution in [2.45, 2.75) is 18.6 Å². The number of benzene rings is 2. The number of aromatic carboxylic acids is 1. The largest absolute Gasteiger partial charge is 0.481 e. The Morgan fingerprint density at radius 3 is 2.19 bits per heavy atom. The fourth-order valence-corrected chi connectivity index (χ4v) is 2.28. The second-order valence-electron chi connectivity index (χ2n) is 4.66. The van der Waals surface area contributed by atoms with E-state index >= 15 is 0 Å². The molecule has 2 aromatic carbocycles. The Hall–Kier alpha value is -2.44. The van der Waals surface area contributed by atoms with Gasteiger partial charge < -0.3 is 20.4 Å². The predicted molar refractivity (Wildman–Crippen MR) is 74.1 cm³/mol. The summed E-state index contributed by atoms with van der Waals surface area (Å²) in [6.45, 7) is 0. The number of aliphatic hydroxyl groups is 2. The summed E-state index contributed by atoms with van der Waals surface area (Å²) in [4.78, 5) is 21.8. The van der Waals surface area contributed by atoms with E-state index in [1.807, 2.05) is 0 Å². The van der Waals surface area contributed by atoms with Crippen molar-refractivity contribution in [3.8, 4) is 0 Å². The van der Waals surface area contributed by atoms with Crippen LogP contribution >= 0.6 is 0 Å². The lowest BCUT2D eigenvalue weighted by Gasteiger charge is -2.18. The molecule has 2 atom stereocenters. The Morgan fingerprint density at radius 1 is 0.952 bits per heavy atom. The highest BCUT2D eigenvalue weighted by atomic mass is 16.4. The lowest BCUT2D eigenvalue weighted by atomic mass is 9.94. The molecule has 6 nitrogen and oxygen atoms in total. The van der Waals surface area contributed by atoms with Gasteiger partial charge >= 0.3 is 11.9 Å². The molecule has 0 saturated carbocycles. The molecule has 0 heterocycles. The standard InChI is InChI=1S/C15H14O6/c16-12(7-13(17)18)14(19)10-5-1-4-9-8(10)3-2-6-11(9)15(20)21/h1-6,12,14,16,19H,7H2,(H,17,18)(H,20,21). The van der Waals surface area contributed by atoms with Crippen LogP contribution < -0.4 is 0 Å². The van der Waals surface area contributed by atoms with Crippen LogP contribution in [0, 0.1) is 0 Å². The summed E-state index contributed by atoms with van der Waals surface area (Å²) in [5.41, 5.74) is 0.374. The molecule has 0 aliphatic carbocycles. The molecule has 0 saturated heterocycles. The van der Waals surface area contributed by atoms with Gasteiger partial charge in [0.25, 0.3) is 0 Å². The van der Waals surface area contributed by atoms with Gasteiger partial charge in [0.2, 0.25) is 0 Å². The van der Waals surface area contributed by atoms with E-state index in [4.69, 9.17) is 10.2 Å². The Balaban J connectivity index is 2.52. The summed E-state index contributed by atoms with van der Waals surface area (Å²) in [6.07, 6.45) is -3.48. The molecule has 0 radical (unpaired) electrons. The molecule has 0 aromatic heterocycles. The third kappa shape index (κ3) is 3.01. The molecule has 4 N–H and O–H groups in total. The van der Waals surface area contributed by atoms with E-state index in [0.717, 1.165) is 0 Å².